The average Bonchev–Trinajstić information content (AvgIpc) is 0.872. The first-order valence-corrected chi connectivity index (χ1v) is 42.3. The highest BCUT2D eigenvalue weighted by molar-refractivity contribution is 7.00. The Hall–Kier alpha value is -13.4. The van der Waals surface area contributed by atoms with E-state index in [0.717, 1.165) is 97.1 Å². The molecule has 0 amide bonds. The maximum absolute atomic E-state index is 2.64. The van der Waals surface area contributed by atoms with E-state index in [0.29, 0.717) is 0 Å². The van der Waals surface area contributed by atoms with E-state index in [1.165, 1.54) is 139 Å². The van der Waals surface area contributed by atoms with E-state index in [1.54, 1.807) is 0 Å². The predicted molar refractivity (Wildman–Crippen MR) is 501 cm³/mol. The van der Waals surface area contributed by atoms with Crippen molar-refractivity contribution in [3.05, 3.63) is 374 Å². The lowest BCUT2D eigenvalue weighted by Gasteiger charge is -2.44. The molecular formula is C112H90BN5. The molecule has 2 aliphatic heterocycles. The van der Waals surface area contributed by atoms with E-state index in [9.17, 15) is 0 Å². The standard InChI is InChI=1S/C112H90BN5/c1-109(2)58-60-111(5,6)94-65-79(40-51-92(94)109)74-36-45-81(46-37-74)114-104-67-83(116-98-33-21-18-30-86(98)89-62-76(42-55-101(89)116)71-24-12-9-13-25-71)49-53-96(104)113-97-54-50-84(117-99-34-22-19-31-87(99)90-63-77(43-56-102(90)117)72-26-14-10-15-27-72)68-105(97)115(82-47-38-75(39-48-82)80-41-52-93-95(66-80)112(7,8)61-59-110(93,3)4)107-70-85(69-106(114)108(107)113)118-100-35-23-20-32-88(100)91-64-78(44-57-103(91)118)73-28-16-11-17-29-73/h9-57,62-70H,58-61H2,1-8H3. The summed E-state index contributed by atoms with van der Waals surface area (Å²) in [5.74, 6) is 0. The molecule has 0 saturated heterocycles. The number of benzene rings is 16. The second kappa shape index (κ2) is 26.0. The van der Waals surface area contributed by atoms with Gasteiger partial charge in [0.25, 0.3) is 6.71 Å². The lowest BCUT2D eigenvalue weighted by molar-refractivity contribution is 0.332. The summed E-state index contributed by atoms with van der Waals surface area (Å²) in [6.07, 6.45) is 4.66. The van der Waals surface area contributed by atoms with E-state index in [-0.39, 0.29) is 28.4 Å². The smallest absolute Gasteiger partial charge is 0.252 e. The fourth-order valence-electron chi connectivity index (χ4n) is 21.2. The van der Waals surface area contributed by atoms with Gasteiger partial charge in [0, 0.05) is 77.8 Å². The van der Waals surface area contributed by atoms with E-state index >= 15 is 0 Å². The number of hydrogen-bond donors (Lipinski definition) is 0. The number of hydrogen-bond acceptors (Lipinski definition) is 2. The SMILES string of the molecule is CC1(C)CCC(C)(C)c2cc(-c3ccc(N4c5cc(-n6c7ccccc7c7cc(-c8ccccc8)ccc76)ccc5B5c6ccc(-n7c8ccccc8c8cc(-c9ccccc9)ccc87)cc6N(c6ccc(-c7ccc8c(c7)C(C)(C)CCC8(C)C)cc6)c6cc(-n7c8ccccc8c8cc(-c9ccccc9)ccc87)cc4c65)cc3)ccc21. The number of aromatic nitrogens is 3. The van der Waals surface area contributed by atoms with Gasteiger partial charge in [-0.25, -0.2) is 0 Å². The largest absolute Gasteiger partial charge is 0.311 e. The fourth-order valence-corrected chi connectivity index (χ4v) is 21.2. The Kier molecular flexibility index (Phi) is 15.5. The Morgan fingerprint density at radius 2 is 0.475 bits per heavy atom. The third kappa shape index (κ3) is 10.8. The third-order valence-electron chi connectivity index (χ3n) is 27.8. The van der Waals surface area contributed by atoms with E-state index in [1.807, 2.05) is 0 Å². The van der Waals surface area contributed by atoms with Crippen molar-refractivity contribution in [2.24, 2.45) is 0 Å². The molecule has 0 saturated carbocycles. The molecule has 2 aliphatic carbocycles. The average molecular weight is 1520 g/mol. The predicted octanol–water partition coefficient (Wildman–Crippen LogP) is 28.1. The highest BCUT2D eigenvalue weighted by Crippen LogP contribution is 2.53. The van der Waals surface area contributed by atoms with Crippen molar-refractivity contribution in [3.63, 3.8) is 0 Å². The van der Waals surface area contributed by atoms with Crippen LogP contribution in [0.1, 0.15) is 103 Å². The zero-order valence-electron chi connectivity index (χ0n) is 68.1. The molecule has 0 fully saturated rings. The molecule has 23 rings (SSSR count). The first kappa shape index (κ1) is 70.0. The monoisotopic (exact) mass is 1520 g/mol. The summed E-state index contributed by atoms with van der Waals surface area (Å²) < 4.78 is 7.60. The lowest BCUT2D eigenvalue weighted by Crippen LogP contribution is -2.61. The van der Waals surface area contributed by atoms with Gasteiger partial charge in [0.15, 0.2) is 0 Å². The second-order valence-corrected chi connectivity index (χ2v) is 36.5. The van der Waals surface area contributed by atoms with Crippen LogP contribution in [-0.4, -0.2) is 20.4 Å². The molecule has 566 valence electrons. The van der Waals surface area contributed by atoms with Crippen molar-refractivity contribution in [2.45, 2.75) is 103 Å². The first-order chi connectivity index (χ1) is 57.5. The molecule has 19 aromatic rings. The highest BCUT2D eigenvalue weighted by atomic mass is 15.2. The Bertz CT molecular complexity index is 7000. The second-order valence-electron chi connectivity index (χ2n) is 36.5. The summed E-state index contributed by atoms with van der Waals surface area (Å²) in [4.78, 5) is 5.29. The van der Waals surface area contributed by atoms with Crippen LogP contribution in [0.5, 0.6) is 0 Å². The summed E-state index contributed by atoms with van der Waals surface area (Å²) in [5, 5.41) is 7.29. The van der Waals surface area contributed by atoms with Crippen LogP contribution in [-0.2, 0) is 21.7 Å². The molecule has 0 unspecified atom stereocenters. The van der Waals surface area contributed by atoms with Gasteiger partial charge < -0.3 is 23.5 Å². The van der Waals surface area contributed by atoms with Gasteiger partial charge in [0.1, 0.15) is 0 Å². The van der Waals surface area contributed by atoms with Crippen LogP contribution in [0.3, 0.4) is 0 Å². The molecule has 4 aliphatic rings. The molecule has 0 radical (unpaired) electrons. The van der Waals surface area contributed by atoms with Crippen molar-refractivity contribution >= 4 is 123 Å². The number of para-hydroxylation sites is 3. The van der Waals surface area contributed by atoms with Crippen molar-refractivity contribution in [2.75, 3.05) is 9.80 Å². The van der Waals surface area contributed by atoms with Crippen molar-refractivity contribution in [3.8, 4) is 72.7 Å². The molecule has 6 heteroatoms. The molecule has 0 N–H and O–H groups in total. The van der Waals surface area contributed by atoms with Gasteiger partial charge in [-0.15, -0.1) is 0 Å². The van der Waals surface area contributed by atoms with Gasteiger partial charge in [-0.2, -0.15) is 0 Å². The Labute approximate surface area is 691 Å². The molecule has 0 spiro atoms. The summed E-state index contributed by atoms with van der Waals surface area (Å²) in [6, 6.07) is 135. The maximum atomic E-state index is 2.64. The van der Waals surface area contributed by atoms with Crippen LogP contribution in [0.4, 0.5) is 34.1 Å². The minimum absolute atomic E-state index is 0.0582. The van der Waals surface area contributed by atoms with E-state index in [4.69, 9.17) is 0 Å². The zero-order chi connectivity index (χ0) is 79.2. The molecule has 16 aromatic carbocycles. The number of anilines is 6. The van der Waals surface area contributed by atoms with Crippen LogP contribution in [0.25, 0.3) is 138 Å². The maximum Gasteiger partial charge on any atom is 0.252 e. The lowest BCUT2D eigenvalue weighted by atomic mass is 9.33. The summed E-state index contributed by atoms with van der Waals surface area (Å²) in [5.41, 5.74) is 38.9. The van der Waals surface area contributed by atoms with E-state index in [2.05, 4.69) is 431 Å². The Morgan fingerprint density at radius 1 is 0.203 bits per heavy atom. The Balaban J connectivity index is 0.806. The van der Waals surface area contributed by atoms with Crippen molar-refractivity contribution in [1.82, 2.24) is 13.7 Å². The molecule has 5 nitrogen and oxygen atoms in total. The number of rotatable bonds is 10. The molecule has 0 bridgehead atoms. The van der Waals surface area contributed by atoms with Gasteiger partial charge in [-0.1, -0.05) is 292 Å². The topological polar surface area (TPSA) is 21.3 Å². The first-order valence-electron chi connectivity index (χ1n) is 42.3. The molecule has 5 heterocycles. The Morgan fingerprint density at radius 3 is 0.839 bits per heavy atom. The van der Waals surface area contributed by atoms with Crippen LogP contribution in [0, 0.1) is 0 Å². The quantitative estimate of drug-likeness (QED) is 0.127. The van der Waals surface area contributed by atoms with Gasteiger partial charge in [-0.05, 0) is 257 Å². The van der Waals surface area contributed by atoms with Gasteiger partial charge in [-0.3, -0.25) is 0 Å². The minimum Gasteiger partial charge on any atom is -0.311 e. The third-order valence-corrected chi connectivity index (χ3v) is 27.8. The van der Waals surface area contributed by atoms with Crippen LogP contribution >= 0.6 is 0 Å². The normalized spacial score (nSPS) is 15.4. The van der Waals surface area contributed by atoms with Crippen molar-refractivity contribution < 1.29 is 0 Å². The molecule has 0 atom stereocenters. The van der Waals surface area contributed by atoms with Crippen LogP contribution in [0.15, 0.2) is 352 Å². The fraction of sp³-hybridized carbons (Fsp3) is 0.143. The molecular weight excluding hydrogens is 1430 g/mol. The van der Waals surface area contributed by atoms with E-state index < -0.39 is 0 Å². The van der Waals surface area contributed by atoms with Gasteiger partial charge in [0.2, 0.25) is 0 Å². The molecule has 118 heavy (non-hydrogen) atoms. The number of fused-ring (bicyclic) bond motifs is 15. The van der Waals surface area contributed by atoms with Gasteiger partial charge in [0.05, 0.1) is 38.8 Å². The summed E-state index contributed by atoms with van der Waals surface area (Å²) in [6.45, 7) is 19.3. The summed E-state index contributed by atoms with van der Waals surface area (Å²) in [7, 11) is 0. The van der Waals surface area contributed by atoms with Crippen LogP contribution in [0.2, 0.25) is 0 Å². The molecule has 3 aromatic heterocycles. The number of nitrogens with zero attached hydrogens (tertiary/aromatic N) is 5. The minimum atomic E-state index is -0.228. The van der Waals surface area contributed by atoms with Gasteiger partial charge >= 0.3 is 0 Å². The van der Waals surface area contributed by atoms with Crippen molar-refractivity contribution in [1.29, 1.82) is 0 Å². The summed E-state index contributed by atoms with van der Waals surface area (Å²) >= 11 is 0. The van der Waals surface area contributed by atoms with Crippen LogP contribution < -0.4 is 26.2 Å². The zero-order valence-corrected chi connectivity index (χ0v) is 68.1. The highest BCUT2D eigenvalue weighted by Gasteiger charge is 2.46.